The molecular formula is C19H18BrFN4OS. The molecule has 0 fully saturated rings. The summed E-state index contributed by atoms with van der Waals surface area (Å²) in [5.74, 6) is 0.163. The molecule has 27 heavy (non-hydrogen) atoms. The molecule has 1 N–H and O–H groups in total. The van der Waals surface area contributed by atoms with Gasteiger partial charge in [0.15, 0.2) is 11.0 Å². The minimum Gasteiger partial charge on any atom is -0.325 e. The van der Waals surface area contributed by atoms with Gasteiger partial charge < -0.3 is 9.88 Å². The van der Waals surface area contributed by atoms with E-state index in [1.165, 1.54) is 17.8 Å². The Labute approximate surface area is 169 Å². The van der Waals surface area contributed by atoms with Gasteiger partial charge in [0.25, 0.3) is 0 Å². The molecule has 5 nitrogen and oxygen atoms in total. The number of nitrogens with one attached hydrogen (secondary N) is 1. The number of thioether (sulfide) groups is 1. The maximum atomic E-state index is 14.1. The largest absolute Gasteiger partial charge is 0.325 e. The number of hydrogen-bond donors (Lipinski definition) is 1. The van der Waals surface area contributed by atoms with Crippen molar-refractivity contribution in [3.8, 4) is 11.4 Å². The van der Waals surface area contributed by atoms with Gasteiger partial charge in [-0.25, -0.2) is 4.39 Å². The predicted octanol–water partition coefficient (Wildman–Crippen LogP) is 4.91. The van der Waals surface area contributed by atoms with Gasteiger partial charge in [-0.05, 0) is 49.7 Å². The zero-order chi connectivity index (χ0) is 19.4. The molecule has 140 valence electrons. The Morgan fingerprint density at radius 1 is 1.26 bits per heavy atom. The lowest BCUT2D eigenvalue weighted by Crippen LogP contribution is -2.15. The van der Waals surface area contributed by atoms with E-state index in [0.717, 1.165) is 15.7 Å². The van der Waals surface area contributed by atoms with E-state index in [4.69, 9.17) is 0 Å². The van der Waals surface area contributed by atoms with Crippen LogP contribution < -0.4 is 5.32 Å². The fourth-order valence-corrected chi connectivity index (χ4v) is 3.88. The average molecular weight is 449 g/mol. The number of hydrogen-bond acceptors (Lipinski definition) is 4. The van der Waals surface area contributed by atoms with E-state index in [-0.39, 0.29) is 17.5 Å². The molecule has 0 spiro atoms. The maximum Gasteiger partial charge on any atom is 0.234 e. The van der Waals surface area contributed by atoms with Crippen LogP contribution in [-0.4, -0.2) is 26.4 Å². The molecule has 0 saturated carbocycles. The van der Waals surface area contributed by atoms with Crippen LogP contribution in [0.1, 0.15) is 12.5 Å². The van der Waals surface area contributed by atoms with Crippen LogP contribution in [0.15, 0.2) is 52.1 Å². The van der Waals surface area contributed by atoms with Crippen molar-refractivity contribution in [3.05, 3.63) is 58.3 Å². The monoisotopic (exact) mass is 448 g/mol. The van der Waals surface area contributed by atoms with Crippen LogP contribution >= 0.6 is 27.7 Å². The molecule has 1 aromatic heterocycles. The van der Waals surface area contributed by atoms with Gasteiger partial charge in [-0.2, -0.15) is 0 Å². The third-order valence-electron chi connectivity index (χ3n) is 3.94. The first-order valence-corrected chi connectivity index (χ1v) is 10.1. The van der Waals surface area contributed by atoms with Crippen LogP contribution in [-0.2, 0) is 11.3 Å². The number of halogens is 2. The number of aryl methyl sites for hydroxylation is 1. The molecule has 3 aromatic rings. The van der Waals surface area contributed by atoms with Crippen molar-refractivity contribution in [2.45, 2.75) is 25.5 Å². The SMILES string of the molecule is CCn1c(SCC(=O)Nc2ccc(Br)cc2C)nnc1-c1ccccc1F. The minimum atomic E-state index is -0.348. The van der Waals surface area contributed by atoms with Crippen LogP contribution in [0.3, 0.4) is 0 Å². The van der Waals surface area contributed by atoms with Gasteiger partial charge in [-0.1, -0.05) is 39.8 Å². The summed E-state index contributed by atoms with van der Waals surface area (Å²) in [6, 6.07) is 12.1. The van der Waals surface area contributed by atoms with Crippen molar-refractivity contribution in [1.29, 1.82) is 0 Å². The van der Waals surface area contributed by atoms with Crippen molar-refractivity contribution in [1.82, 2.24) is 14.8 Å². The molecular weight excluding hydrogens is 431 g/mol. The number of amides is 1. The van der Waals surface area contributed by atoms with Gasteiger partial charge in [0.1, 0.15) is 5.82 Å². The van der Waals surface area contributed by atoms with Crippen LogP contribution in [0, 0.1) is 12.7 Å². The smallest absolute Gasteiger partial charge is 0.234 e. The first kappa shape index (κ1) is 19.6. The van der Waals surface area contributed by atoms with E-state index in [2.05, 4.69) is 31.4 Å². The van der Waals surface area contributed by atoms with Gasteiger partial charge in [-0.15, -0.1) is 10.2 Å². The Hall–Kier alpha value is -2.19. The number of carbonyl (C=O) groups excluding carboxylic acids is 1. The molecule has 0 unspecified atom stereocenters. The van der Waals surface area contributed by atoms with Crippen molar-refractivity contribution in [2.24, 2.45) is 0 Å². The van der Waals surface area contributed by atoms with E-state index in [0.29, 0.717) is 23.1 Å². The highest BCUT2D eigenvalue weighted by Gasteiger charge is 2.17. The minimum absolute atomic E-state index is 0.136. The number of aromatic nitrogens is 3. The molecule has 0 aliphatic carbocycles. The standard InChI is InChI=1S/C19H18BrFN4OS/c1-3-25-18(14-6-4-5-7-15(14)21)23-24-19(25)27-11-17(26)22-16-9-8-13(20)10-12(16)2/h4-10H,3,11H2,1-2H3,(H,22,26). The lowest BCUT2D eigenvalue weighted by molar-refractivity contribution is -0.113. The molecule has 2 aromatic carbocycles. The van der Waals surface area contributed by atoms with Crippen molar-refractivity contribution >= 4 is 39.3 Å². The first-order valence-electron chi connectivity index (χ1n) is 8.36. The summed E-state index contributed by atoms with van der Waals surface area (Å²) >= 11 is 4.68. The van der Waals surface area contributed by atoms with Crippen LogP contribution in [0.4, 0.5) is 10.1 Å². The Balaban J connectivity index is 1.71. The highest BCUT2D eigenvalue weighted by Crippen LogP contribution is 2.26. The van der Waals surface area contributed by atoms with E-state index >= 15 is 0 Å². The summed E-state index contributed by atoms with van der Waals surface area (Å²) in [5.41, 5.74) is 2.14. The quantitative estimate of drug-likeness (QED) is 0.544. The summed E-state index contributed by atoms with van der Waals surface area (Å²) in [6.07, 6.45) is 0. The predicted molar refractivity (Wildman–Crippen MR) is 109 cm³/mol. The lowest BCUT2D eigenvalue weighted by Gasteiger charge is -2.10. The molecule has 0 bridgehead atoms. The van der Waals surface area contributed by atoms with Gasteiger partial charge in [0.05, 0.1) is 11.3 Å². The molecule has 8 heteroatoms. The Bertz CT molecular complexity index is 976. The second-order valence-corrected chi connectivity index (χ2v) is 7.68. The van der Waals surface area contributed by atoms with Crippen LogP contribution in [0.25, 0.3) is 11.4 Å². The van der Waals surface area contributed by atoms with E-state index in [1.807, 2.05) is 32.0 Å². The zero-order valence-electron chi connectivity index (χ0n) is 14.9. The van der Waals surface area contributed by atoms with Crippen molar-refractivity contribution in [2.75, 3.05) is 11.1 Å². The maximum absolute atomic E-state index is 14.1. The highest BCUT2D eigenvalue weighted by molar-refractivity contribution is 9.10. The highest BCUT2D eigenvalue weighted by atomic mass is 79.9. The number of nitrogens with zero attached hydrogens (tertiary/aromatic N) is 3. The third kappa shape index (κ3) is 4.56. The first-order chi connectivity index (χ1) is 13.0. The number of benzene rings is 2. The summed E-state index contributed by atoms with van der Waals surface area (Å²) < 4.78 is 16.8. The van der Waals surface area contributed by atoms with Gasteiger partial charge in [-0.3, -0.25) is 4.79 Å². The number of anilines is 1. The number of carbonyl (C=O) groups is 1. The summed E-state index contributed by atoms with van der Waals surface area (Å²) in [5, 5.41) is 11.7. The molecule has 1 heterocycles. The molecule has 3 rings (SSSR count). The zero-order valence-corrected chi connectivity index (χ0v) is 17.3. The van der Waals surface area contributed by atoms with Gasteiger partial charge in [0, 0.05) is 16.7 Å². The Morgan fingerprint density at radius 2 is 2.04 bits per heavy atom. The molecule has 0 radical (unpaired) electrons. The van der Waals surface area contributed by atoms with Gasteiger partial charge >= 0.3 is 0 Å². The fraction of sp³-hybridized carbons (Fsp3) is 0.211. The molecule has 1 amide bonds. The Morgan fingerprint density at radius 3 is 2.74 bits per heavy atom. The molecule has 0 atom stereocenters. The van der Waals surface area contributed by atoms with E-state index in [1.54, 1.807) is 22.8 Å². The second kappa shape index (κ2) is 8.67. The van der Waals surface area contributed by atoms with Crippen molar-refractivity contribution < 1.29 is 9.18 Å². The third-order valence-corrected chi connectivity index (χ3v) is 5.40. The molecule has 0 saturated heterocycles. The summed E-state index contributed by atoms with van der Waals surface area (Å²) in [6.45, 7) is 4.44. The second-order valence-electron chi connectivity index (χ2n) is 5.83. The summed E-state index contributed by atoms with van der Waals surface area (Å²) in [7, 11) is 0. The van der Waals surface area contributed by atoms with E-state index < -0.39 is 0 Å². The summed E-state index contributed by atoms with van der Waals surface area (Å²) in [4.78, 5) is 12.3. The topological polar surface area (TPSA) is 59.8 Å². The number of rotatable bonds is 6. The van der Waals surface area contributed by atoms with E-state index in [9.17, 15) is 9.18 Å². The Kier molecular flexibility index (Phi) is 6.28. The normalized spacial score (nSPS) is 10.8. The molecule has 0 aliphatic rings. The molecule has 0 aliphatic heterocycles. The fourth-order valence-electron chi connectivity index (χ4n) is 2.61. The lowest BCUT2D eigenvalue weighted by atomic mass is 10.2. The van der Waals surface area contributed by atoms with Crippen LogP contribution in [0.2, 0.25) is 0 Å². The van der Waals surface area contributed by atoms with Crippen LogP contribution in [0.5, 0.6) is 0 Å². The average Bonchev–Trinajstić information content (AvgIpc) is 3.05. The van der Waals surface area contributed by atoms with Gasteiger partial charge in [0.2, 0.25) is 5.91 Å². The van der Waals surface area contributed by atoms with Crippen molar-refractivity contribution in [3.63, 3.8) is 0 Å².